The smallest absolute Gasteiger partial charge is 0.267 e. The molecule has 0 spiro atoms. The van der Waals surface area contributed by atoms with E-state index in [0.717, 1.165) is 12.1 Å². The third kappa shape index (κ3) is 3.09. The van der Waals surface area contributed by atoms with Crippen LogP contribution in [-0.2, 0) is 10.0 Å². The lowest BCUT2D eigenvalue weighted by atomic mass is 10.3. The molecule has 2 aromatic rings. The lowest BCUT2D eigenvalue weighted by Crippen LogP contribution is -2.16. The average molecular weight is 303 g/mol. The summed E-state index contributed by atoms with van der Waals surface area (Å²) in [6.45, 7) is 0. The Hall–Kier alpha value is -1.93. The summed E-state index contributed by atoms with van der Waals surface area (Å²) in [6, 6.07) is 4.62. The first kappa shape index (κ1) is 13.5. The van der Waals surface area contributed by atoms with E-state index in [2.05, 4.69) is 9.97 Å². The maximum absolute atomic E-state index is 13.6. The molecule has 1 aromatic carbocycles. The lowest BCUT2D eigenvalue weighted by molar-refractivity contribution is 0.570. The molecule has 2 rings (SSSR count). The van der Waals surface area contributed by atoms with E-state index < -0.39 is 20.7 Å². The molecule has 9 heteroatoms. The quantitative estimate of drug-likeness (QED) is 0.663. The fourth-order valence-electron chi connectivity index (χ4n) is 1.30. The Morgan fingerprint density at radius 3 is 2.68 bits per heavy atom. The van der Waals surface area contributed by atoms with Crippen LogP contribution in [0.5, 0.6) is 0 Å². The first-order chi connectivity index (χ1) is 8.88. The van der Waals surface area contributed by atoms with Crippen LogP contribution in [0.1, 0.15) is 0 Å². The summed E-state index contributed by atoms with van der Waals surface area (Å²) in [4.78, 5) is 6.76. The zero-order valence-electron chi connectivity index (χ0n) is 9.34. The van der Waals surface area contributed by atoms with Gasteiger partial charge in [-0.2, -0.15) is 0 Å². The number of hydrogen-bond acceptors (Lipinski definition) is 5. The van der Waals surface area contributed by atoms with Gasteiger partial charge in [-0.05, 0) is 24.3 Å². The van der Waals surface area contributed by atoms with Crippen molar-refractivity contribution in [3.63, 3.8) is 0 Å². The van der Waals surface area contributed by atoms with Crippen molar-refractivity contribution >= 4 is 33.3 Å². The molecule has 100 valence electrons. The molecule has 0 saturated carbocycles. The molecular formula is C10H8ClFN4O2S. The van der Waals surface area contributed by atoms with Crippen molar-refractivity contribution in [1.82, 2.24) is 9.97 Å². The van der Waals surface area contributed by atoms with Gasteiger partial charge >= 0.3 is 0 Å². The van der Waals surface area contributed by atoms with Crippen LogP contribution in [0.3, 0.4) is 0 Å². The van der Waals surface area contributed by atoms with Crippen LogP contribution in [0.2, 0.25) is 5.15 Å². The topological polar surface area (TPSA) is 98.0 Å². The number of nitrogens with zero attached hydrogens (tertiary/aromatic N) is 2. The van der Waals surface area contributed by atoms with Gasteiger partial charge in [0.25, 0.3) is 10.0 Å². The molecular weight excluding hydrogens is 295 g/mol. The van der Waals surface area contributed by atoms with E-state index in [4.69, 9.17) is 17.3 Å². The Kier molecular flexibility index (Phi) is 3.54. The molecule has 0 fully saturated rings. The molecule has 19 heavy (non-hydrogen) atoms. The summed E-state index contributed by atoms with van der Waals surface area (Å²) in [7, 11) is -4.14. The molecule has 0 bridgehead atoms. The van der Waals surface area contributed by atoms with Crippen LogP contribution in [0, 0.1) is 5.82 Å². The minimum atomic E-state index is -4.14. The number of benzene rings is 1. The summed E-state index contributed by atoms with van der Waals surface area (Å²) < 4.78 is 39.4. The highest BCUT2D eigenvalue weighted by Gasteiger charge is 2.20. The molecule has 0 aliphatic heterocycles. The van der Waals surface area contributed by atoms with Gasteiger partial charge < -0.3 is 5.73 Å². The van der Waals surface area contributed by atoms with Crippen molar-refractivity contribution in [3.05, 3.63) is 41.4 Å². The van der Waals surface area contributed by atoms with E-state index in [1.54, 1.807) is 0 Å². The standard InChI is InChI=1S/C10H8ClFN4O2S/c11-9-3-4-14-10(15-9)16-19(17,18)8-2-1-6(13)5-7(8)12/h1-5H,13H2,(H,14,15,16). The number of nitrogens with one attached hydrogen (secondary N) is 1. The highest BCUT2D eigenvalue weighted by molar-refractivity contribution is 7.92. The van der Waals surface area contributed by atoms with Gasteiger partial charge in [0.05, 0.1) is 0 Å². The second-order valence-corrected chi connectivity index (χ2v) is 5.54. The van der Waals surface area contributed by atoms with E-state index in [1.165, 1.54) is 18.3 Å². The molecule has 1 aromatic heterocycles. The van der Waals surface area contributed by atoms with Gasteiger partial charge in [-0.25, -0.2) is 27.5 Å². The molecule has 0 aliphatic rings. The zero-order chi connectivity index (χ0) is 14.0. The van der Waals surface area contributed by atoms with Gasteiger partial charge in [0.15, 0.2) is 0 Å². The summed E-state index contributed by atoms with van der Waals surface area (Å²) >= 11 is 5.60. The van der Waals surface area contributed by atoms with E-state index in [9.17, 15) is 12.8 Å². The van der Waals surface area contributed by atoms with Crippen molar-refractivity contribution in [3.8, 4) is 0 Å². The third-order valence-corrected chi connectivity index (χ3v) is 3.66. The summed E-state index contributed by atoms with van der Waals surface area (Å²) in [5.41, 5.74) is 5.47. The number of nitrogen functional groups attached to an aromatic ring is 1. The van der Waals surface area contributed by atoms with Gasteiger partial charge in [0.1, 0.15) is 15.9 Å². The number of aromatic nitrogens is 2. The van der Waals surface area contributed by atoms with Gasteiger partial charge in [0, 0.05) is 11.9 Å². The SMILES string of the molecule is Nc1ccc(S(=O)(=O)Nc2nccc(Cl)n2)c(F)c1. The molecule has 0 unspecified atom stereocenters. The van der Waals surface area contributed by atoms with Crippen LogP contribution in [0.4, 0.5) is 16.0 Å². The molecule has 0 radical (unpaired) electrons. The Morgan fingerprint density at radius 2 is 2.05 bits per heavy atom. The second-order valence-electron chi connectivity index (χ2n) is 3.50. The van der Waals surface area contributed by atoms with Crippen LogP contribution < -0.4 is 10.5 Å². The molecule has 0 atom stereocenters. The molecule has 0 amide bonds. The zero-order valence-corrected chi connectivity index (χ0v) is 10.9. The van der Waals surface area contributed by atoms with E-state index >= 15 is 0 Å². The Bertz CT molecular complexity index is 723. The van der Waals surface area contributed by atoms with E-state index in [0.29, 0.717) is 0 Å². The van der Waals surface area contributed by atoms with Crippen LogP contribution in [0.15, 0.2) is 35.4 Å². The third-order valence-electron chi connectivity index (χ3n) is 2.09. The average Bonchev–Trinajstić information content (AvgIpc) is 2.27. The van der Waals surface area contributed by atoms with Gasteiger partial charge in [-0.1, -0.05) is 11.6 Å². The molecule has 0 saturated heterocycles. The number of rotatable bonds is 3. The first-order valence-electron chi connectivity index (χ1n) is 4.95. The van der Waals surface area contributed by atoms with Gasteiger partial charge in [0.2, 0.25) is 5.95 Å². The Labute approximate surface area is 113 Å². The molecule has 0 aliphatic carbocycles. The van der Waals surface area contributed by atoms with Crippen molar-refractivity contribution in [2.24, 2.45) is 0 Å². The Morgan fingerprint density at radius 1 is 1.32 bits per heavy atom. The number of anilines is 2. The normalized spacial score (nSPS) is 11.3. The molecule has 6 nitrogen and oxygen atoms in total. The lowest BCUT2D eigenvalue weighted by Gasteiger charge is -2.07. The van der Waals surface area contributed by atoms with Gasteiger partial charge in [-0.3, -0.25) is 0 Å². The fourth-order valence-corrected chi connectivity index (χ4v) is 2.44. The summed E-state index contributed by atoms with van der Waals surface area (Å²) in [6.07, 6.45) is 1.27. The first-order valence-corrected chi connectivity index (χ1v) is 6.81. The van der Waals surface area contributed by atoms with Crippen LogP contribution in [0.25, 0.3) is 0 Å². The Balaban J connectivity index is 2.38. The van der Waals surface area contributed by atoms with E-state index in [-0.39, 0.29) is 16.8 Å². The molecule has 3 N–H and O–H groups in total. The maximum Gasteiger partial charge on any atom is 0.267 e. The number of hydrogen-bond donors (Lipinski definition) is 2. The maximum atomic E-state index is 13.6. The van der Waals surface area contributed by atoms with Crippen molar-refractivity contribution in [2.75, 3.05) is 10.5 Å². The summed E-state index contributed by atoms with van der Waals surface area (Å²) in [5, 5.41) is 0.0606. The second kappa shape index (κ2) is 4.98. The minimum absolute atomic E-state index is 0.0606. The van der Waals surface area contributed by atoms with Crippen molar-refractivity contribution < 1.29 is 12.8 Å². The number of nitrogens with two attached hydrogens (primary N) is 1. The van der Waals surface area contributed by atoms with Gasteiger partial charge in [-0.15, -0.1) is 0 Å². The van der Waals surface area contributed by atoms with Crippen molar-refractivity contribution in [1.29, 1.82) is 0 Å². The number of halogens is 2. The van der Waals surface area contributed by atoms with Crippen molar-refractivity contribution in [2.45, 2.75) is 4.90 Å². The highest BCUT2D eigenvalue weighted by Crippen LogP contribution is 2.19. The summed E-state index contributed by atoms with van der Waals surface area (Å²) in [5.74, 6) is -1.21. The van der Waals surface area contributed by atoms with Crippen LogP contribution >= 0.6 is 11.6 Å². The van der Waals surface area contributed by atoms with E-state index in [1.807, 2.05) is 4.72 Å². The monoisotopic (exact) mass is 302 g/mol. The predicted molar refractivity (Wildman–Crippen MR) is 68.7 cm³/mol. The fraction of sp³-hybridized carbons (Fsp3) is 0. The largest absolute Gasteiger partial charge is 0.399 e. The minimum Gasteiger partial charge on any atom is -0.399 e. The highest BCUT2D eigenvalue weighted by atomic mass is 35.5. The predicted octanol–water partition coefficient (Wildman–Crippen LogP) is 1.65. The van der Waals surface area contributed by atoms with Crippen LogP contribution in [-0.4, -0.2) is 18.4 Å². The number of sulfonamides is 1. The molecule has 1 heterocycles.